The highest BCUT2D eigenvalue weighted by molar-refractivity contribution is 9.10. The van der Waals surface area contributed by atoms with E-state index in [1.54, 1.807) is 18.2 Å². The molecule has 7 heteroatoms. The minimum atomic E-state index is -0.560. The maximum atomic E-state index is 13.1. The molecule has 0 atom stereocenters. The molecule has 0 spiro atoms. The molecule has 0 radical (unpaired) electrons. The Kier molecular flexibility index (Phi) is 5.97. The summed E-state index contributed by atoms with van der Waals surface area (Å²) in [6.45, 7) is -0.254. The number of ether oxygens (including phenoxy) is 1. The van der Waals surface area contributed by atoms with Crippen molar-refractivity contribution in [3.05, 3.63) is 57.3 Å². The van der Waals surface area contributed by atoms with E-state index in [2.05, 4.69) is 21.2 Å². The third kappa shape index (κ3) is 4.68. The lowest BCUT2D eigenvalue weighted by molar-refractivity contribution is -0.118. The molecule has 0 aliphatic carbocycles. The second-order valence-electron chi connectivity index (χ2n) is 4.53. The molecule has 0 saturated heterocycles. The first-order valence-electron chi connectivity index (χ1n) is 6.53. The second kappa shape index (κ2) is 7.95. The van der Waals surface area contributed by atoms with Crippen molar-refractivity contribution < 1.29 is 13.9 Å². The van der Waals surface area contributed by atoms with Gasteiger partial charge in [0.2, 0.25) is 0 Å². The van der Waals surface area contributed by atoms with Gasteiger partial charge in [-0.3, -0.25) is 4.79 Å². The van der Waals surface area contributed by atoms with Crippen molar-refractivity contribution in [3.8, 4) is 11.8 Å². The molecule has 0 aromatic heterocycles. The van der Waals surface area contributed by atoms with Crippen molar-refractivity contribution in [2.45, 2.75) is 6.42 Å². The third-order valence-corrected chi connectivity index (χ3v) is 3.78. The lowest BCUT2D eigenvalue weighted by atomic mass is 10.1. The Morgan fingerprint density at radius 1 is 1.39 bits per heavy atom. The maximum absolute atomic E-state index is 13.1. The van der Waals surface area contributed by atoms with Crippen LogP contribution in [-0.4, -0.2) is 12.5 Å². The van der Waals surface area contributed by atoms with Crippen LogP contribution in [0.4, 0.5) is 10.1 Å². The summed E-state index contributed by atoms with van der Waals surface area (Å²) in [6.07, 6.45) is 0.171. The Morgan fingerprint density at radius 2 is 2.17 bits per heavy atom. The van der Waals surface area contributed by atoms with Crippen LogP contribution >= 0.6 is 27.5 Å². The lowest BCUT2D eigenvalue weighted by Gasteiger charge is -2.12. The number of amides is 1. The fraction of sp³-hybridized carbons (Fsp3) is 0.125. The van der Waals surface area contributed by atoms with Gasteiger partial charge in [0.1, 0.15) is 11.6 Å². The first-order chi connectivity index (χ1) is 11.0. The average molecular weight is 398 g/mol. The first kappa shape index (κ1) is 17.3. The largest absolute Gasteiger partial charge is 0.482 e. The van der Waals surface area contributed by atoms with Crippen molar-refractivity contribution in [2.75, 3.05) is 11.9 Å². The molecular formula is C16H11BrClFN2O2. The van der Waals surface area contributed by atoms with Crippen molar-refractivity contribution >= 4 is 39.1 Å². The molecule has 4 nitrogen and oxygen atoms in total. The number of carbonyl (C=O) groups is 1. The minimum absolute atomic E-state index is 0.0779. The summed E-state index contributed by atoms with van der Waals surface area (Å²) in [5.41, 5.74) is 1.05. The Bertz CT molecular complexity index is 777. The number of benzene rings is 2. The number of anilines is 1. The van der Waals surface area contributed by atoms with Gasteiger partial charge < -0.3 is 10.1 Å². The van der Waals surface area contributed by atoms with E-state index < -0.39 is 11.7 Å². The molecule has 0 saturated carbocycles. The van der Waals surface area contributed by atoms with E-state index in [9.17, 15) is 9.18 Å². The molecule has 1 N–H and O–H groups in total. The van der Waals surface area contributed by atoms with Crippen LogP contribution < -0.4 is 10.1 Å². The van der Waals surface area contributed by atoms with Gasteiger partial charge in [-0.05, 0) is 40.2 Å². The van der Waals surface area contributed by atoms with Gasteiger partial charge in [-0.15, -0.1) is 0 Å². The summed E-state index contributed by atoms with van der Waals surface area (Å²) >= 11 is 8.98. The van der Waals surface area contributed by atoms with E-state index in [1.165, 1.54) is 12.1 Å². The molecule has 118 valence electrons. The zero-order valence-corrected chi connectivity index (χ0v) is 14.1. The highest BCUT2D eigenvalue weighted by Gasteiger charge is 2.11. The predicted molar refractivity (Wildman–Crippen MR) is 89.0 cm³/mol. The number of rotatable bonds is 5. The van der Waals surface area contributed by atoms with Crippen LogP contribution in [0.5, 0.6) is 5.75 Å². The van der Waals surface area contributed by atoms with E-state index in [1.807, 2.05) is 6.07 Å². The number of nitrogens with zero attached hydrogens (tertiary/aromatic N) is 1. The Morgan fingerprint density at radius 3 is 2.87 bits per heavy atom. The fourth-order valence-corrected chi connectivity index (χ4v) is 2.55. The van der Waals surface area contributed by atoms with Crippen LogP contribution in [0.3, 0.4) is 0 Å². The number of para-hydroxylation sites is 1. The van der Waals surface area contributed by atoms with Gasteiger partial charge in [0.05, 0.1) is 22.0 Å². The predicted octanol–water partition coefficient (Wildman–Crippen LogP) is 4.33. The fourth-order valence-electron chi connectivity index (χ4n) is 1.85. The zero-order chi connectivity index (χ0) is 16.8. The molecule has 23 heavy (non-hydrogen) atoms. The van der Waals surface area contributed by atoms with Crippen molar-refractivity contribution in [1.82, 2.24) is 0 Å². The van der Waals surface area contributed by atoms with Gasteiger partial charge >= 0.3 is 0 Å². The van der Waals surface area contributed by atoms with Gasteiger partial charge in [0.15, 0.2) is 6.61 Å². The average Bonchev–Trinajstić information content (AvgIpc) is 2.51. The van der Waals surface area contributed by atoms with Crippen LogP contribution in [0.25, 0.3) is 0 Å². The summed E-state index contributed by atoms with van der Waals surface area (Å²) < 4.78 is 19.2. The topological polar surface area (TPSA) is 62.1 Å². The molecular weight excluding hydrogens is 387 g/mol. The normalized spacial score (nSPS) is 10.0. The van der Waals surface area contributed by atoms with Gasteiger partial charge in [-0.2, -0.15) is 5.26 Å². The number of nitriles is 1. The molecule has 1 amide bonds. The molecule has 0 aliphatic rings. The molecule has 2 aromatic rings. The Hall–Kier alpha value is -2.10. The smallest absolute Gasteiger partial charge is 0.262 e. The molecule has 0 heterocycles. The molecule has 0 unspecified atom stereocenters. The van der Waals surface area contributed by atoms with Crippen LogP contribution in [0.1, 0.15) is 5.56 Å². The van der Waals surface area contributed by atoms with E-state index in [4.69, 9.17) is 21.6 Å². The number of hydrogen-bond donors (Lipinski definition) is 1. The molecule has 2 aromatic carbocycles. The van der Waals surface area contributed by atoms with Crippen LogP contribution in [-0.2, 0) is 11.2 Å². The summed E-state index contributed by atoms with van der Waals surface area (Å²) in [7, 11) is 0. The molecule has 2 rings (SSSR count). The number of carbonyl (C=O) groups excluding carboxylic acids is 1. The standard InChI is InChI=1S/C16H11BrClFN2O2/c17-12-3-1-2-10(6-7-20)16(12)23-9-15(22)21-11-4-5-14(19)13(18)8-11/h1-5,8H,6,9H2,(H,21,22). The molecule has 0 bridgehead atoms. The summed E-state index contributed by atoms with van der Waals surface area (Å²) in [5, 5.41) is 11.3. The Labute approximate surface area is 146 Å². The summed E-state index contributed by atoms with van der Waals surface area (Å²) in [4.78, 5) is 11.9. The highest BCUT2D eigenvalue weighted by Crippen LogP contribution is 2.29. The van der Waals surface area contributed by atoms with Crippen molar-refractivity contribution in [1.29, 1.82) is 5.26 Å². The number of hydrogen-bond acceptors (Lipinski definition) is 3. The third-order valence-electron chi connectivity index (χ3n) is 2.87. The summed E-state index contributed by atoms with van der Waals surface area (Å²) in [6, 6.07) is 11.2. The van der Waals surface area contributed by atoms with E-state index >= 15 is 0 Å². The first-order valence-corrected chi connectivity index (χ1v) is 7.70. The lowest BCUT2D eigenvalue weighted by Crippen LogP contribution is -2.20. The van der Waals surface area contributed by atoms with E-state index in [0.29, 0.717) is 21.5 Å². The van der Waals surface area contributed by atoms with Crippen LogP contribution in [0, 0.1) is 17.1 Å². The van der Waals surface area contributed by atoms with Gasteiger partial charge in [0.25, 0.3) is 5.91 Å². The monoisotopic (exact) mass is 396 g/mol. The molecule has 0 fully saturated rings. The van der Waals surface area contributed by atoms with E-state index in [0.717, 1.165) is 6.07 Å². The van der Waals surface area contributed by atoms with Crippen molar-refractivity contribution in [3.63, 3.8) is 0 Å². The van der Waals surface area contributed by atoms with Crippen LogP contribution in [0.15, 0.2) is 40.9 Å². The minimum Gasteiger partial charge on any atom is -0.482 e. The second-order valence-corrected chi connectivity index (χ2v) is 5.79. The number of halogens is 3. The van der Waals surface area contributed by atoms with Gasteiger partial charge in [-0.25, -0.2) is 4.39 Å². The maximum Gasteiger partial charge on any atom is 0.262 e. The Balaban J connectivity index is 2.02. The summed E-state index contributed by atoms with van der Waals surface area (Å²) in [5.74, 6) is -0.539. The number of nitrogens with one attached hydrogen (secondary N) is 1. The van der Waals surface area contributed by atoms with Gasteiger partial charge in [-0.1, -0.05) is 23.7 Å². The zero-order valence-electron chi connectivity index (χ0n) is 11.8. The van der Waals surface area contributed by atoms with Gasteiger partial charge in [0, 0.05) is 11.3 Å². The highest BCUT2D eigenvalue weighted by atomic mass is 79.9. The van der Waals surface area contributed by atoms with Crippen molar-refractivity contribution in [2.24, 2.45) is 0 Å². The van der Waals surface area contributed by atoms with Crippen LogP contribution in [0.2, 0.25) is 5.02 Å². The van der Waals surface area contributed by atoms with E-state index in [-0.39, 0.29) is 18.1 Å². The SMILES string of the molecule is N#CCc1cccc(Br)c1OCC(=O)Nc1ccc(F)c(Cl)c1. The molecule has 0 aliphatic heterocycles. The quantitative estimate of drug-likeness (QED) is 0.817.